The lowest BCUT2D eigenvalue weighted by molar-refractivity contribution is -0.140. The van der Waals surface area contributed by atoms with Crippen LogP contribution in [0.4, 0.5) is 10.1 Å². The fraction of sp³-hybridized carbons (Fsp3) is 0.560. The third-order valence-electron chi connectivity index (χ3n) is 7.48. The molecule has 1 unspecified atom stereocenters. The van der Waals surface area contributed by atoms with Crippen LogP contribution >= 0.6 is 0 Å². The third kappa shape index (κ3) is 4.66. The van der Waals surface area contributed by atoms with Crippen molar-refractivity contribution in [3.8, 4) is 5.69 Å². The number of aryl methyl sites for hydroxylation is 1. The van der Waals surface area contributed by atoms with Crippen molar-refractivity contribution in [2.24, 2.45) is 22.8 Å². The van der Waals surface area contributed by atoms with Crippen LogP contribution in [0.5, 0.6) is 0 Å². The highest BCUT2D eigenvalue weighted by molar-refractivity contribution is 5.99. The second-order valence-corrected chi connectivity index (χ2v) is 10.6. The first-order valence-corrected chi connectivity index (χ1v) is 11.9. The smallest absolute Gasteiger partial charge is 0.320 e. The maximum Gasteiger partial charge on any atom is 0.320 e. The molecule has 184 valence electrons. The van der Waals surface area contributed by atoms with Gasteiger partial charge < -0.3 is 21.9 Å². The number of nitrogens with one attached hydrogen (secondary N) is 1. The Morgan fingerprint density at radius 3 is 2.56 bits per heavy atom. The first-order chi connectivity index (χ1) is 16.0. The molecule has 9 heteroatoms. The second kappa shape index (κ2) is 9.02. The average molecular weight is 472 g/mol. The molecule has 1 fully saturated rings. The van der Waals surface area contributed by atoms with Crippen molar-refractivity contribution in [2.45, 2.75) is 77.8 Å². The minimum atomic E-state index is -0.997. The van der Waals surface area contributed by atoms with E-state index in [2.05, 4.69) is 19.2 Å². The number of aliphatic carboxylic acids is 1. The van der Waals surface area contributed by atoms with Gasteiger partial charge in [-0.25, -0.2) is 9.07 Å². The number of carboxylic acid groups (broad SMARTS) is 1. The zero-order chi connectivity index (χ0) is 24.8. The second-order valence-electron chi connectivity index (χ2n) is 10.6. The van der Waals surface area contributed by atoms with Crippen LogP contribution in [0.1, 0.15) is 73.3 Å². The number of aromatic nitrogens is 2. The summed E-state index contributed by atoms with van der Waals surface area (Å²) in [5, 5.41) is 17.2. The molecule has 1 amide bonds. The van der Waals surface area contributed by atoms with E-state index in [1.54, 1.807) is 10.7 Å². The number of benzene rings is 1. The summed E-state index contributed by atoms with van der Waals surface area (Å²) >= 11 is 0. The molecular weight excluding hydrogens is 437 g/mol. The number of carbonyl (C=O) groups excluding carboxylic acids is 1. The highest BCUT2D eigenvalue weighted by Crippen LogP contribution is 2.38. The number of hydrogen-bond donors (Lipinski definition) is 4. The Bertz CT molecular complexity index is 1120. The molecule has 2 aliphatic rings. The summed E-state index contributed by atoms with van der Waals surface area (Å²) in [5.41, 5.74) is 15.4. The average Bonchev–Trinajstić information content (AvgIpc) is 3.07. The number of rotatable bonds is 6. The number of hydrogen-bond acceptors (Lipinski definition) is 5. The number of halogens is 1. The molecule has 1 atom stereocenters. The maximum atomic E-state index is 15.2. The summed E-state index contributed by atoms with van der Waals surface area (Å²) < 4.78 is 17.0. The quantitative estimate of drug-likeness (QED) is 0.510. The molecule has 0 radical (unpaired) electrons. The standard InChI is InChI=1S/C25H34FN5O3/c1-13-17-8-9-25(2,3)12-20(17)31(30-13)16-10-18(26)21(23(28)32)19(11-16)29-15-6-4-14(5-7-15)22(27)24(33)34/h10-11,14-15,22,29H,4-9,12,27H2,1-3H3,(H2,28,32)(H,33,34)/t14-,15-,22?. The summed E-state index contributed by atoms with van der Waals surface area (Å²) in [4.78, 5) is 23.3. The van der Waals surface area contributed by atoms with Crippen LogP contribution < -0.4 is 16.8 Å². The zero-order valence-electron chi connectivity index (χ0n) is 20.0. The van der Waals surface area contributed by atoms with E-state index in [4.69, 9.17) is 16.6 Å². The maximum absolute atomic E-state index is 15.2. The number of anilines is 1. The Hall–Kier alpha value is -2.94. The summed E-state index contributed by atoms with van der Waals surface area (Å²) in [7, 11) is 0. The molecule has 1 aromatic carbocycles. The van der Waals surface area contributed by atoms with Crippen LogP contribution in [0.25, 0.3) is 5.69 Å². The lowest BCUT2D eigenvalue weighted by Crippen LogP contribution is -2.41. The molecule has 0 bridgehead atoms. The largest absolute Gasteiger partial charge is 0.480 e. The van der Waals surface area contributed by atoms with E-state index in [0.29, 0.717) is 37.1 Å². The van der Waals surface area contributed by atoms with Crippen LogP contribution in [0, 0.1) is 24.1 Å². The van der Waals surface area contributed by atoms with E-state index in [-0.39, 0.29) is 22.9 Å². The van der Waals surface area contributed by atoms with Crippen LogP contribution in [0.2, 0.25) is 0 Å². The van der Waals surface area contributed by atoms with Crippen molar-refractivity contribution in [3.05, 3.63) is 40.5 Å². The van der Waals surface area contributed by atoms with Crippen molar-refractivity contribution in [2.75, 3.05) is 5.32 Å². The molecule has 6 N–H and O–H groups in total. The molecule has 34 heavy (non-hydrogen) atoms. The predicted molar refractivity (Wildman–Crippen MR) is 128 cm³/mol. The molecular formula is C25H34FN5O3. The van der Waals surface area contributed by atoms with E-state index >= 15 is 4.39 Å². The summed E-state index contributed by atoms with van der Waals surface area (Å²) in [6.45, 7) is 6.42. The lowest BCUT2D eigenvalue weighted by Gasteiger charge is -2.32. The normalized spacial score (nSPS) is 22.6. The Labute approximate surface area is 198 Å². The number of carbonyl (C=O) groups is 2. The van der Waals surface area contributed by atoms with Crippen molar-refractivity contribution in [3.63, 3.8) is 0 Å². The SMILES string of the molecule is Cc1nn(-c2cc(F)c(C(N)=O)c(N[C@H]3CC[C@H](C(N)C(=O)O)CC3)c2)c2c1CCC(C)(C)C2. The van der Waals surface area contributed by atoms with Crippen molar-refractivity contribution >= 4 is 17.6 Å². The Morgan fingerprint density at radius 2 is 1.94 bits per heavy atom. The van der Waals surface area contributed by atoms with Gasteiger partial charge in [0.1, 0.15) is 11.9 Å². The Kier molecular flexibility index (Phi) is 6.42. The van der Waals surface area contributed by atoms with Gasteiger partial charge in [0, 0.05) is 17.8 Å². The van der Waals surface area contributed by atoms with Gasteiger partial charge in [-0.15, -0.1) is 0 Å². The number of carboxylic acids is 1. The Morgan fingerprint density at radius 1 is 1.26 bits per heavy atom. The number of amides is 1. The fourth-order valence-electron chi connectivity index (χ4n) is 5.46. The number of fused-ring (bicyclic) bond motifs is 1. The third-order valence-corrected chi connectivity index (χ3v) is 7.48. The molecule has 0 saturated heterocycles. The molecule has 1 saturated carbocycles. The highest BCUT2D eigenvalue weighted by Gasteiger charge is 2.32. The number of nitrogens with two attached hydrogens (primary N) is 2. The van der Waals surface area contributed by atoms with Gasteiger partial charge in [-0.2, -0.15) is 5.10 Å². The van der Waals surface area contributed by atoms with E-state index in [0.717, 1.165) is 30.7 Å². The topological polar surface area (TPSA) is 136 Å². The lowest BCUT2D eigenvalue weighted by atomic mass is 9.76. The monoisotopic (exact) mass is 471 g/mol. The van der Waals surface area contributed by atoms with Crippen molar-refractivity contribution in [1.29, 1.82) is 0 Å². The van der Waals surface area contributed by atoms with Crippen LogP contribution in [-0.2, 0) is 17.6 Å². The molecule has 2 aromatic rings. The van der Waals surface area contributed by atoms with Gasteiger partial charge in [-0.1, -0.05) is 13.8 Å². The summed E-state index contributed by atoms with van der Waals surface area (Å²) in [5.74, 6) is -2.63. The van der Waals surface area contributed by atoms with E-state index in [9.17, 15) is 14.7 Å². The summed E-state index contributed by atoms with van der Waals surface area (Å²) in [6.07, 6.45) is 5.45. The first-order valence-electron chi connectivity index (χ1n) is 11.9. The van der Waals surface area contributed by atoms with E-state index in [1.807, 2.05) is 6.92 Å². The van der Waals surface area contributed by atoms with Crippen LogP contribution in [0.15, 0.2) is 12.1 Å². The molecule has 2 aliphatic carbocycles. The van der Waals surface area contributed by atoms with Gasteiger partial charge in [-0.05, 0) is 74.8 Å². The molecule has 4 rings (SSSR count). The van der Waals surface area contributed by atoms with Gasteiger partial charge in [0.15, 0.2) is 0 Å². The minimum absolute atomic E-state index is 0.0443. The molecule has 0 spiro atoms. The van der Waals surface area contributed by atoms with Crippen LogP contribution in [-0.4, -0.2) is 38.8 Å². The van der Waals surface area contributed by atoms with E-state index < -0.39 is 23.7 Å². The van der Waals surface area contributed by atoms with Gasteiger partial charge in [0.25, 0.3) is 5.91 Å². The molecule has 0 aliphatic heterocycles. The molecule has 1 heterocycles. The first kappa shape index (κ1) is 24.2. The minimum Gasteiger partial charge on any atom is -0.480 e. The Balaban J connectivity index is 1.65. The number of nitrogens with zero attached hydrogens (tertiary/aromatic N) is 2. The highest BCUT2D eigenvalue weighted by atomic mass is 19.1. The van der Waals surface area contributed by atoms with Gasteiger partial charge in [0.2, 0.25) is 0 Å². The van der Waals surface area contributed by atoms with E-state index in [1.165, 1.54) is 11.6 Å². The van der Waals surface area contributed by atoms with Gasteiger partial charge in [0.05, 0.1) is 22.6 Å². The molecule has 1 aromatic heterocycles. The van der Waals surface area contributed by atoms with Gasteiger partial charge in [-0.3, -0.25) is 9.59 Å². The zero-order valence-corrected chi connectivity index (χ0v) is 20.0. The van der Waals surface area contributed by atoms with Crippen molar-refractivity contribution < 1.29 is 19.1 Å². The van der Waals surface area contributed by atoms with Crippen LogP contribution in [0.3, 0.4) is 0 Å². The van der Waals surface area contributed by atoms with Gasteiger partial charge >= 0.3 is 5.97 Å². The molecule has 8 nitrogen and oxygen atoms in total. The summed E-state index contributed by atoms with van der Waals surface area (Å²) in [6, 6.07) is 2.13. The number of primary amides is 1. The predicted octanol–water partition coefficient (Wildman–Crippen LogP) is 3.32. The fourth-order valence-corrected chi connectivity index (χ4v) is 5.46. The van der Waals surface area contributed by atoms with Crippen molar-refractivity contribution in [1.82, 2.24) is 9.78 Å².